The van der Waals surface area contributed by atoms with Crippen LogP contribution in [0.25, 0.3) is 10.8 Å². The van der Waals surface area contributed by atoms with Crippen LogP contribution in [0.4, 0.5) is 0 Å². The van der Waals surface area contributed by atoms with Gasteiger partial charge in [-0.3, -0.25) is 0 Å². The fourth-order valence-electron chi connectivity index (χ4n) is 2.15. The molecule has 3 nitrogen and oxygen atoms in total. The first-order valence-electron chi connectivity index (χ1n) is 5.14. The molecule has 0 N–H and O–H groups in total. The molecule has 2 aromatic carbocycles. The molecule has 0 fully saturated rings. The van der Waals surface area contributed by atoms with Crippen LogP contribution in [0.1, 0.15) is 5.56 Å². The molecule has 1 atom stereocenters. The molecule has 0 saturated heterocycles. The minimum Gasteiger partial charge on any atom is -0.546 e. The topological polar surface area (TPSA) is 49.4 Å². The Morgan fingerprint density at radius 1 is 1.25 bits per heavy atom. The van der Waals surface area contributed by atoms with Gasteiger partial charge in [-0.25, -0.2) is 0 Å². The van der Waals surface area contributed by atoms with Crippen molar-refractivity contribution in [2.45, 2.75) is 12.5 Å². The fourth-order valence-corrected chi connectivity index (χ4v) is 2.15. The van der Waals surface area contributed by atoms with E-state index in [4.69, 9.17) is 4.74 Å². The molecular formula is C13H9O3-. The lowest BCUT2D eigenvalue weighted by molar-refractivity contribution is -0.312. The average Bonchev–Trinajstić information content (AvgIpc) is 2.73. The highest BCUT2D eigenvalue weighted by atomic mass is 16.5. The molecular weight excluding hydrogens is 204 g/mol. The van der Waals surface area contributed by atoms with Crippen molar-refractivity contribution in [1.82, 2.24) is 0 Å². The molecule has 3 rings (SSSR count). The molecule has 80 valence electrons. The van der Waals surface area contributed by atoms with Gasteiger partial charge in [0, 0.05) is 12.0 Å². The smallest absolute Gasteiger partial charge is 0.142 e. The Balaban J connectivity index is 2.17. The summed E-state index contributed by atoms with van der Waals surface area (Å²) in [5.74, 6) is -0.492. The molecule has 1 heterocycles. The minimum absolute atomic E-state index is 0.388. The van der Waals surface area contributed by atoms with Gasteiger partial charge >= 0.3 is 0 Å². The van der Waals surface area contributed by atoms with E-state index in [-0.39, 0.29) is 0 Å². The summed E-state index contributed by atoms with van der Waals surface area (Å²) in [4.78, 5) is 10.8. The Morgan fingerprint density at radius 2 is 2.06 bits per heavy atom. The Morgan fingerprint density at radius 3 is 2.88 bits per heavy atom. The van der Waals surface area contributed by atoms with Crippen molar-refractivity contribution in [2.24, 2.45) is 0 Å². The van der Waals surface area contributed by atoms with Gasteiger partial charge < -0.3 is 14.6 Å². The van der Waals surface area contributed by atoms with Crippen LogP contribution >= 0.6 is 0 Å². The maximum Gasteiger partial charge on any atom is 0.142 e. The van der Waals surface area contributed by atoms with Crippen molar-refractivity contribution >= 4 is 16.7 Å². The molecule has 0 aromatic heterocycles. The number of benzene rings is 2. The van der Waals surface area contributed by atoms with Gasteiger partial charge in [-0.05, 0) is 16.8 Å². The Bertz CT molecular complexity index is 574. The van der Waals surface area contributed by atoms with Gasteiger partial charge in [0.15, 0.2) is 0 Å². The van der Waals surface area contributed by atoms with E-state index in [2.05, 4.69) is 0 Å². The van der Waals surface area contributed by atoms with Crippen LogP contribution in [0.15, 0.2) is 36.4 Å². The Hall–Kier alpha value is -2.03. The Labute approximate surface area is 92.3 Å². The van der Waals surface area contributed by atoms with E-state index in [0.29, 0.717) is 12.2 Å². The van der Waals surface area contributed by atoms with Crippen molar-refractivity contribution in [1.29, 1.82) is 0 Å². The average molecular weight is 213 g/mol. The molecule has 0 aliphatic carbocycles. The highest BCUT2D eigenvalue weighted by Crippen LogP contribution is 2.34. The van der Waals surface area contributed by atoms with Gasteiger partial charge in [0.1, 0.15) is 11.9 Å². The zero-order valence-corrected chi connectivity index (χ0v) is 8.47. The van der Waals surface area contributed by atoms with E-state index in [9.17, 15) is 9.90 Å². The Kier molecular flexibility index (Phi) is 1.86. The van der Waals surface area contributed by atoms with Crippen LogP contribution in [0.5, 0.6) is 5.75 Å². The number of rotatable bonds is 1. The molecule has 16 heavy (non-hydrogen) atoms. The molecule has 1 aliphatic rings. The molecule has 3 heteroatoms. The van der Waals surface area contributed by atoms with Gasteiger partial charge in [-0.2, -0.15) is 0 Å². The predicted octanol–water partition coefficient (Wildman–Crippen LogP) is 0.893. The summed E-state index contributed by atoms with van der Waals surface area (Å²) < 4.78 is 5.31. The highest BCUT2D eigenvalue weighted by molar-refractivity contribution is 5.89. The second-order valence-corrected chi connectivity index (χ2v) is 3.89. The lowest BCUT2D eigenvalue weighted by atomic mass is 10.0. The zero-order valence-electron chi connectivity index (χ0n) is 8.47. The van der Waals surface area contributed by atoms with E-state index < -0.39 is 12.1 Å². The first kappa shape index (κ1) is 9.21. The maximum atomic E-state index is 10.8. The number of aliphatic carboxylic acids is 1. The van der Waals surface area contributed by atoms with E-state index >= 15 is 0 Å². The molecule has 1 aliphatic heterocycles. The largest absolute Gasteiger partial charge is 0.546 e. The van der Waals surface area contributed by atoms with E-state index in [1.54, 1.807) is 0 Å². The van der Waals surface area contributed by atoms with Crippen molar-refractivity contribution in [3.63, 3.8) is 0 Å². The molecule has 0 radical (unpaired) electrons. The number of ether oxygens (including phenoxy) is 1. The number of carbonyl (C=O) groups is 1. The third kappa shape index (κ3) is 1.25. The van der Waals surface area contributed by atoms with Crippen LogP contribution in [-0.2, 0) is 11.2 Å². The second-order valence-electron chi connectivity index (χ2n) is 3.89. The van der Waals surface area contributed by atoms with Crippen LogP contribution in [-0.4, -0.2) is 12.1 Å². The summed E-state index contributed by atoms with van der Waals surface area (Å²) in [5, 5.41) is 12.9. The van der Waals surface area contributed by atoms with Crippen LogP contribution in [0.2, 0.25) is 0 Å². The van der Waals surface area contributed by atoms with Crippen LogP contribution in [0.3, 0.4) is 0 Å². The van der Waals surface area contributed by atoms with E-state index in [1.807, 2.05) is 36.4 Å². The molecule has 0 spiro atoms. The van der Waals surface area contributed by atoms with Gasteiger partial charge in [0.05, 0.1) is 5.97 Å². The molecule has 0 bridgehead atoms. The number of hydrogen-bond donors (Lipinski definition) is 0. The minimum atomic E-state index is -1.15. The first-order valence-corrected chi connectivity index (χ1v) is 5.14. The molecule has 0 unspecified atom stereocenters. The zero-order chi connectivity index (χ0) is 11.1. The van der Waals surface area contributed by atoms with Crippen LogP contribution < -0.4 is 9.84 Å². The molecule has 0 amide bonds. The second kappa shape index (κ2) is 3.23. The summed E-state index contributed by atoms with van der Waals surface area (Å²) in [7, 11) is 0. The fraction of sp³-hybridized carbons (Fsp3) is 0.154. The normalized spacial score (nSPS) is 18.1. The van der Waals surface area contributed by atoms with Crippen molar-refractivity contribution in [3.8, 4) is 5.75 Å². The standard InChI is InChI=1S/C13H10O3/c14-13(15)12-7-10-9-4-2-1-3-8(9)5-6-11(10)16-12/h1-6,12H,7H2,(H,14,15)/p-1/t12-/m0/s1. The lowest BCUT2D eigenvalue weighted by Gasteiger charge is -2.10. The third-order valence-corrected chi connectivity index (χ3v) is 2.92. The molecule has 2 aromatic rings. The first-order chi connectivity index (χ1) is 7.75. The SMILES string of the molecule is O=C([O-])[C@@H]1Cc2c(ccc3ccccc23)O1. The highest BCUT2D eigenvalue weighted by Gasteiger charge is 2.25. The summed E-state index contributed by atoms with van der Waals surface area (Å²) in [5.41, 5.74) is 0.965. The lowest BCUT2D eigenvalue weighted by Crippen LogP contribution is -2.38. The van der Waals surface area contributed by atoms with Crippen molar-refractivity contribution < 1.29 is 14.6 Å². The number of fused-ring (bicyclic) bond motifs is 3. The number of carboxylic acids is 1. The van der Waals surface area contributed by atoms with E-state index in [1.165, 1.54) is 0 Å². The van der Waals surface area contributed by atoms with E-state index in [0.717, 1.165) is 16.3 Å². The monoisotopic (exact) mass is 213 g/mol. The summed E-state index contributed by atoms with van der Waals surface area (Å²) in [6.07, 6.45) is -0.459. The maximum absolute atomic E-state index is 10.8. The number of carboxylic acid groups (broad SMARTS) is 1. The quantitative estimate of drug-likeness (QED) is 0.707. The predicted molar refractivity (Wildman–Crippen MR) is 57.1 cm³/mol. The van der Waals surface area contributed by atoms with Crippen molar-refractivity contribution in [2.75, 3.05) is 0 Å². The van der Waals surface area contributed by atoms with Gasteiger partial charge in [0.25, 0.3) is 0 Å². The molecule has 0 saturated carbocycles. The summed E-state index contributed by atoms with van der Waals surface area (Å²) in [6, 6.07) is 11.6. The van der Waals surface area contributed by atoms with Crippen LogP contribution in [0, 0.1) is 0 Å². The number of hydrogen-bond acceptors (Lipinski definition) is 3. The third-order valence-electron chi connectivity index (χ3n) is 2.92. The number of carbonyl (C=O) groups excluding carboxylic acids is 1. The van der Waals surface area contributed by atoms with Gasteiger partial charge in [-0.15, -0.1) is 0 Å². The summed E-state index contributed by atoms with van der Waals surface area (Å²) in [6.45, 7) is 0. The van der Waals surface area contributed by atoms with Gasteiger partial charge in [0.2, 0.25) is 0 Å². The summed E-state index contributed by atoms with van der Waals surface area (Å²) >= 11 is 0. The van der Waals surface area contributed by atoms with Crippen molar-refractivity contribution in [3.05, 3.63) is 42.0 Å². The van der Waals surface area contributed by atoms with Gasteiger partial charge in [-0.1, -0.05) is 30.3 Å².